The van der Waals surface area contributed by atoms with Crippen molar-refractivity contribution < 1.29 is 23.2 Å². The molecule has 0 fully saturated rings. The molecule has 0 aliphatic carbocycles. The van der Waals surface area contributed by atoms with Crippen LogP contribution in [0.15, 0.2) is 17.0 Å². The zero-order chi connectivity index (χ0) is 16.4. The summed E-state index contributed by atoms with van der Waals surface area (Å²) in [6.45, 7) is 2.65. The van der Waals surface area contributed by atoms with E-state index in [1.807, 2.05) is 0 Å². The minimum Gasteiger partial charge on any atom is -0.481 e. The maximum absolute atomic E-state index is 12.5. The lowest BCUT2D eigenvalue weighted by Gasteiger charge is -2.18. The van der Waals surface area contributed by atoms with Gasteiger partial charge in [-0.25, -0.2) is 12.7 Å². The minimum atomic E-state index is -4.14. The summed E-state index contributed by atoms with van der Waals surface area (Å²) < 4.78 is 25.8. The second kappa shape index (κ2) is 6.19. The van der Waals surface area contributed by atoms with Crippen LogP contribution in [0.2, 0.25) is 0 Å². The quantitative estimate of drug-likeness (QED) is 0.624. The summed E-state index contributed by atoms with van der Waals surface area (Å²) in [6, 6.07) is 2.96. The molecule has 0 amide bonds. The smallest absolute Gasteiger partial charge is 0.304 e. The number of benzene rings is 1. The lowest BCUT2D eigenvalue weighted by Crippen LogP contribution is -2.30. The standard InChI is InChI=1S/C12H16N2O6S/c1-8-4-5-9(2)12(11(8)14(17)18)21(19,20)13(3)7-6-10(15)16/h4-5H,6-7H2,1-3H3,(H,15,16). The summed E-state index contributed by atoms with van der Waals surface area (Å²) >= 11 is 0. The molecule has 1 rings (SSSR count). The number of hydrogen-bond donors (Lipinski definition) is 1. The molecule has 1 aromatic carbocycles. The molecular weight excluding hydrogens is 300 g/mol. The van der Waals surface area contributed by atoms with Gasteiger partial charge in [0, 0.05) is 19.2 Å². The second-order valence-electron chi connectivity index (χ2n) is 4.60. The molecule has 0 saturated carbocycles. The van der Waals surface area contributed by atoms with Crippen molar-refractivity contribution in [1.29, 1.82) is 0 Å². The molecule has 9 heteroatoms. The molecular formula is C12H16N2O6S. The Labute approximate surface area is 122 Å². The third kappa shape index (κ3) is 3.56. The maximum atomic E-state index is 12.5. The lowest BCUT2D eigenvalue weighted by atomic mass is 10.1. The fraction of sp³-hybridized carbons (Fsp3) is 0.417. The average molecular weight is 316 g/mol. The van der Waals surface area contributed by atoms with Gasteiger partial charge in [0.05, 0.1) is 11.3 Å². The molecule has 0 aliphatic rings. The van der Waals surface area contributed by atoms with E-state index in [0.29, 0.717) is 0 Å². The number of aliphatic carboxylic acids is 1. The highest BCUT2D eigenvalue weighted by molar-refractivity contribution is 7.89. The van der Waals surface area contributed by atoms with Crippen LogP contribution in [0.1, 0.15) is 17.5 Å². The van der Waals surface area contributed by atoms with Gasteiger partial charge in [-0.2, -0.15) is 0 Å². The van der Waals surface area contributed by atoms with Gasteiger partial charge >= 0.3 is 5.97 Å². The highest BCUT2D eigenvalue weighted by atomic mass is 32.2. The lowest BCUT2D eigenvalue weighted by molar-refractivity contribution is -0.388. The van der Waals surface area contributed by atoms with Crippen LogP contribution >= 0.6 is 0 Å². The van der Waals surface area contributed by atoms with Crippen LogP contribution in [0.5, 0.6) is 0 Å². The van der Waals surface area contributed by atoms with E-state index in [-0.39, 0.29) is 29.0 Å². The van der Waals surface area contributed by atoms with Crippen molar-refractivity contribution >= 4 is 21.7 Å². The summed E-state index contributed by atoms with van der Waals surface area (Å²) in [5, 5.41) is 19.8. The largest absolute Gasteiger partial charge is 0.481 e. The first-order chi connectivity index (χ1) is 9.59. The molecule has 116 valence electrons. The molecule has 0 aliphatic heterocycles. The van der Waals surface area contributed by atoms with Crippen molar-refractivity contribution in [3.63, 3.8) is 0 Å². The molecule has 0 heterocycles. The molecule has 1 aromatic rings. The van der Waals surface area contributed by atoms with Gasteiger partial charge in [-0.05, 0) is 19.4 Å². The van der Waals surface area contributed by atoms with Crippen molar-refractivity contribution in [3.05, 3.63) is 33.4 Å². The van der Waals surface area contributed by atoms with E-state index < -0.39 is 26.6 Å². The number of hydrogen-bond acceptors (Lipinski definition) is 5. The zero-order valence-corrected chi connectivity index (χ0v) is 12.7. The van der Waals surface area contributed by atoms with Gasteiger partial charge in [-0.1, -0.05) is 12.1 Å². The van der Waals surface area contributed by atoms with E-state index >= 15 is 0 Å². The normalized spacial score (nSPS) is 11.6. The Kier molecular flexibility index (Phi) is 5.02. The molecule has 0 bridgehead atoms. The third-order valence-corrected chi connectivity index (χ3v) is 5.06. The van der Waals surface area contributed by atoms with E-state index in [0.717, 1.165) is 4.31 Å². The summed E-state index contributed by atoms with van der Waals surface area (Å²) in [7, 11) is -2.94. The van der Waals surface area contributed by atoms with Crippen molar-refractivity contribution in [3.8, 4) is 0 Å². The van der Waals surface area contributed by atoms with Gasteiger partial charge in [0.25, 0.3) is 5.69 Å². The Hall–Kier alpha value is -2.00. The van der Waals surface area contributed by atoms with Crippen molar-refractivity contribution in [2.75, 3.05) is 13.6 Å². The topological polar surface area (TPSA) is 118 Å². The number of carbonyl (C=O) groups is 1. The number of rotatable bonds is 6. The zero-order valence-electron chi connectivity index (χ0n) is 11.9. The summed E-state index contributed by atoms with van der Waals surface area (Å²) in [5.41, 5.74) is 0.00228. The van der Waals surface area contributed by atoms with Crippen molar-refractivity contribution in [2.24, 2.45) is 0 Å². The Morgan fingerprint density at radius 2 is 1.86 bits per heavy atom. The third-order valence-electron chi connectivity index (χ3n) is 3.02. The number of nitro benzene ring substituents is 1. The first-order valence-electron chi connectivity index (χ1n) is 6.01. The molecule has 0 atom stereocenters. The fourth-order valence-electron chi connectivity index (χ4n) is 1.85. The van der Waals surface area contributed by atoms with Crippen LogP contribution in [0.25, 0.3) is 0 Å². The Morgan fingerprint density at radius 1 is 1.33 bits per heavy atom. The summed E-state index contributed by atoms with van der Waals surface area (Å²) in [5.74, 6) is -1.15. The highest BCUT2D eigenvalue weighted by Gasteiger charge is 2.33. The van der Waals surface area contributed by atoms with Gasteiger partial charge in [-0.3, -0.25) is 14.9 Å². The predicted molar refractivity (Wildman–Crippen MR) is 74.6 cm³/mol. The second-order valence-corrected chi connectivity index (χ2v) is 6.59. The van der Waals surface area contributed by atoms with Crippen LogP contribution in [-0.2, 0) is 14.8 Å². The van der Waals surface area contributed by atoms with E-state index in [9.17, 15) is 23.3 Å². The van der Waals surface area contributed by atoms with Crippen LogP contribution in [0, 0.1) is 24.0 Å². The monoisotopic (exact) mass is 316 g/mol. The Balaban J connectivity index is 3.41. The number of nitrogens with zero attached hydrogens (tertiary/aromatic N) is 2. The van der Waals surface area contributed by atoms with Crippen molar-refractivity contribution in [1.82, 2.24) is 4.31 Å². The molecule has 0 aromatic heterocycles. The van der Waals surface area contributed by atoms with Gasteiger partial charge in [-0.15, -0.1) is 0 Å². The van der Waals surface area contributed by atoms with Crippen LogP contribution < -0.4 is 0 Å². The SMILES string of the molecule is Cc1ccc(C)c(S(=O)(=O)N(C)CCC(=O)O)c1[N+](=O)[O-]. The van der Waals surface area contributed by atoms with Gasteiger partial charge in [0.1, 0.15) is 0 Å². The fourth-order valence-corrected chi connectivity index (χ4v) is 3.45. The minimum absolute atomic E-state index is 0.232. The number of nitro groups is 1. The molecule has 21 heavy (non-hydrogen) atoms. The first-order valence-corrected chi connectivity index (χ1v) is 7.45. The highest BCUT2D eigenvalue weighted by Crippen LogP contribution is 2.32. The first kappa shape index (κ1) is 17.1. The number of sulfonamides is 1. The number of carboxylic acid groups (broad SMARTS) is 1. The number of carboxylic acids is 1. The van der Waals surface area contributed by atoms with Gasteiger partial charge in [0.15, 0.2) is 4.90 Å². The van der Waals surface area contributed by atoms with Crippen LogP contribution in [0.3, 0.4) is 0 Å². The molecule has 0 saturated heterocycles. The summed E-state index contributed by atoms with van der Waals surface area (Å²) in [4.78, 5) is 20.6. The predicted octanol–water partition coefficient (Wildman–Crippen LogP) is 1.31. The summed E-state index contributed by atoms with van der Waals surface area (Å²) in [6.07, 6.45) is -0.381. The molecule has 0 spiro atoms. The van der Waals surface area contributed by atoms with E-state index in [1.54, 1.807) is 0 Å². The molecule has 8 nitrogen and oxygen atoms in total. The van der Waals surface area contributed by atoms with Crippen LogP contribution in [0.4, 0.5) is 5.69 Å². The van der Waals surface area contributed by atoms with E-state index in [2.05, 4.69) is 0 Å². The molecule has 0 radical (unpaired) electrons. The van der Waals surface area contributed by atoms with Crippen molar-refractivity contribution in [2.45, 2.75) is 25.2 Å². The average Bonchev–Trinajstić information content (AvgIpc) is 2.37. The molecule has 0 unspecified atom stereocenters. The van der Waals surface area contributed by atoms with E-state index in [1.165, 1.54) is 33.0 Å². The van der Waals surface area contributed by atoms with Gasteiger partial charge in [0.2, 0.25) is 10.0 Å². The van der Waals surface area contributed by atoms with Gasteiger partial charge < -0.3 is 5.11 Å². The van der Waals surface area contributed by atoms with E-state index in [4.69, 9.17) is 5.11 Å². The number of aryl methyl sites for hydroxylation is 2. The Bertz CT molecular complexity index is 683. The van der Waals surface area contributed by atoms with Crippen LogP contribution in [-0.4, -0.2) is 42.3 Å². The Morgan fingerprint density at radius 3 is 2.33 bits per heavy atom. The maximum Gasteiger partial charge on any atom is 0.304 e. The molecule has 1 N–H and O–H groups in total.